The Kier molecular flexibility index (Phi) is 4.02. The number of thioether (sulfide) groups is 2. The maximum absolute atomic E-state index is 12.8. The summed E-state index contributed by atoms with van der Waals surface area (Å²) in [6.07, 6.45) is 4.98. The highest BCUT2D eigenvalue weighted by Gasteiger charge is 2.27. The maximum Gasteiger partial charge on any atom is 0.260 e. The molecule has 0 spiro atoms. The number of amidine groups is 1. The van der Waals surface area contributed by atoms with Crippen LogP contribution < -0.4 is 5.32 Å². The first kappa shape index (κ1) is 14.4. The summed E-state index contributed by atoms with van der Waals surface area (Å²) in [5.74, 6) is 3.04. The minimum Gasteiger partial charge on any atom is -0.315 e. The van der Waals surface area contributed by atoms with Crippen LogP contribution in [0.3, 0.4) is 0 Å². The molecule has 22 heavy (non-hydrogen) atoms. The Morgan fingerprint density at radius 2 is 2.14 bits per heavy atom. The van der Waals surface area contributed by atoms with Crippen molar-refractivity contribution in [1.29, 1.82) is 0 Å². The predicted octanol–water partition coefficient (Wildman–Crippen LogP) is 3.16. The summed E-state index contributed by atoms with van der Waals surface area (Å²) in [5.41, 5.74) is 2.07. The number of amides is 1. The summed E-state index contributed by atoms with van der Waals surface area (Å²) in [6.45, 7) is 0.795. The van der Waals surface area contributed by atoms with Crippen LogP contribution in [-0.2, 0) is 12.2 Å². The molecular formula is C15H15N3OS3. The van der Waals surface area contributed by atoms with Gasteiger partial charge in [0.05, 0.1) is 12.1 Å². The van der Waals surface area contributed by atoms with Gasteiger partial charge in [0, 0.05) is 28.8 Å². The minimum atomic E-state index is -0.0127. The third-order valence-electron chi connectivity index (χ3n) is 3.67. The number of aromatic nitrogens is 1. The van der Waals surface area contributed by atoms with Crippen LogP contribution in [0, 0.1) is 0 Å². The van der Waals surface area contributed by atoms with Crippen LogP contribution >= 0.6 is 34.9 Å². The van der Waals surface area contributed by atoms with Gasteiger partial charge in [-0.25, -0.2) is 0 Å². The smallest absolute Gasteiger partial charge is 0.260 e. The second kappa shape index (κ2) is 6.14. The van der Waals surface area contributed by atoms with Crippen molar-refractivity contribution >= 4 is 45.9 Å². The lowest BCUT2D eigenvalue weighted by Crippen LogP contribution is -2.29. The predicted molar refractivity (Wildman–Crippen MR) is 95.7 cm³/mol. The highest BCUT2D eigenvalue weighted by molar-refractivity contribution is 8.14. The SMILES string of the molecule is O=C(NC1=NCCS1)c1c(-n2cccc2)sc2c1CCSC2. The van der Waals surface area contributed by atoms with Crippen molar-refractivity contribution in [2.24, 2.45) is 4.99 Å². The van der Waals surface area contributed by atoms with Gasteiger partial charge in [-0.15, -0.1) is 11.3 Å². The monoisotopic (exact) mass is 349 g/mol. The summed E-state index contributed by atoms with van der Waals surface area (Å²) in [6, 6.07) is 3.98. The summed E-state index contributed by atoms with van der Waals surface area (Å²) in [7, 11) is 0. The molecule has 4 rings (SSSR count). The molecule has 0 radical (unpaired) electrons. The second-order valence-electron chi connectivity index (χ2n) is 5.07. The van der Waals surface area contributed by atoms with Crippen LogP contribution in [0.15, 0.2) is 29.5 Å². The van der Waals surface area contributed by atoms with E-state index in [2.05, 4.69) is 10.3 Å². The van der Waals surface area contributed by atoms with Gasteiger partial charge in [0.25, 0.3) is 5.91 Å². The van der Waals surface area contributed by atoms with Crippen molar-refractivity contribution in [1.82, 2.24) is 9.88 Å². The molecule has 0 aliphatic carbocycles. The van der Waals surface area contributed by atoms with Crippen LogP contribution in [-0.4, -0.2) is 33.7 Å². The van der Waals surface area contributed by atoms with Gasteiger partial charge in [0.2, 0.25) is 0 Å². The first-order valence-corrected chi connectivity index (χ1v) is 10.1. The summed E-state index contributed by atoms with van der Waals surface area (Å²) in [5, 5.41) is 4.78. The Labute approximate surface area is 141 Å². The largest absolute Gasteiger partial charge is 0.315 e. The number of hydrogen-bond donors (Lipinski definition) is 1. The molecule has 0 fully saturated rings. The van der Waals surface area contributed by atoms with E-state index in [1.54, 1.807) is 23.1 Å². The maximum atomic E-state index is 12.8. The van der Waals surface area contributed by atoms with Crippen LogP contribution in [0.5, 0.6) is 0 Å². The molecule has 1 amide bonds. The van der Waals surface area contributed by atoms with Crippen molar-refractivity contribution in [2.75, 3.05) is 18.1 Å². The molecule has 1 N–H and O–H groups in total. The molecule has 114 valence electrons. The van der Waals surface area contributed by atoms with Gasteiger partial charge in [-0.2, -0.15) is 11.8 Å². The number of carbonyl (C=O) groups is 1. The van der Waals surface area contributed by atoms with Crippen LogP contribution in [0.25, 0.3) is 5.00 Å². The molecule has 2 aliphatic heterocycles. The molecule has 0 saturated carbocycles. The molecule has 0 bridgehead atoms. The first-order chi connectivity index (χ1) is 10.8. The molecule has 0 atom stereocenters. The number of aliphatic imine (C=N–C) groups is 1. The lowest BCUT2D eigenvalue weighted by atomic mass is 10.1. The van der Waals surface area contributed by atoms with E-state index in [4.69, 9.17) is 0 Å². The number of nitrogens with zero attached hydrogens (tertiary/aromatic N) is 2. The number of fused-ring (bicyclic) bond motifs is 1. The van der Waals surface area contributed by atoms with E-state index in [-0.39, 0.29) is 5.91 Å². The molecule has 2 aliphatic rings. The van der Waals surface area contributed by atoms with Gasteiger partial charge < -0.3 is 9.88 Å². The standard InChI is InChI=1S/C15H15N3OS3/c19-13(17-15-16-4-8-21-15)12-10-3-7-20-9-11(10)22-14(12)18-5-1-2-6-18/h1-2,5-6H,3-4,7-9H2,(H,16,17,19). The van der Waals surface area contributed by atoms with Gasteiger partial charge in [0.15, 0.2) is 5.17 Å². The van der Waals surface area contributed by atoms with E-state index in [1.165, 1.54) is 10.4 Å². The molecule has 4 heterocycles. The van der Waals surface area contributed by atoms with Crippen molar-refractivity contribution in [3.8, 4) is 5.00 Å². The number of nitrogens with one attached hydrogen (secondary N) is 1. The molecule has 0 saturated heterocycles. The summed E-state index contributed by atoms with van der Waals surface area (Å²) >= 11 is 5.30. The summed E-state index contributed by atoms with van der Waals surface area (Å²) < 4.78 is 2.05. The van der Waals surface area contributed by atoms with Crippen LogP contribution in [0.4, 0.5) is 0 Å². The van der Waals surface area contributed by atoms with Crippen molar-refractivity contribution in [3.63, 3.8) is 0 Å². The molecule has 2 aromatic rings. The Balaban J connectivity index is 1.75. The number of carbonyl (C=O) groups excluding carboxylic acids is 1. The van der Waals surface area contributed by atoms with E-state index in [1.807, 2.05) is 40.9 Å². The molecule has 7 heteroatoms. The third-order valence-corrected chi connectivity index (χ3v) is 6.98. The average Bonchev–Trinajstić information content (AvgIpc) is 3.26. The van der Waals surface area contributed by atoms with E-state index in [0.29, 0.717) is 0 Å². The average molecular weight is 350 g/mol. The Morgan fingerprint density at radius 3 is 2.91 bits per heavy atom. The fraction of sp³-hybridized carbons (Fsp3) is 0.333. The van der Waals surface area contributed by atoms with E-state index in [0.717, 1.165) is 46.0 Å². The van der Waals surface area contributed by atoms with E-state index < -0.39 is 0 Å². The zero-order chi connectivity index (χ0) is 14.9. The van der Waals surface area contributed by atoms with Gasteiger partial charge in [-0.3, -0.25) is 9.79 Å². The van der Waals surface area contributed by atoms with E-state index in [9.17, 15) is 4.79 Å². The van der Waals surface area contributed by atoms with Gasteiger partial charge in [-0.05, 0) is 29.9 Å². The van der Waals surface area contributed by atoms with Crippen molar-refractivity contribution in [3.05, 3.63) is 40.5 Å². The van der Waals surface area contributed by atoms with Crippen molar-refractivity contribution in [2.45, 2.75) is 12.2 Å². The van der Waals surface area contributed by atoms with Crippen molar-refractivity contribution < 1.29 is 4.79 Å². The zero-order valence-corrected chi connectivity index (χ0v) is 14.3. The fourth-order valence-corrected chi connectivity index (χ4v) is 5.84. The zero-order valence-electron chi connectivity index (χ0n) is 11.9. The quantitative estimate of drug-likeness (QED) is 0.906. The Hall–Kier alpha value is -1.18. The van der Waals surface area contributed by atoms with Gasteiger partial charge in [-0.1, -0.05) is 11.8 Å². The normalized spacial score (nSPS) is 17.2. The van der Waals surface area contributed by atoms with E-state index >= 15 is 0 Å². The highest BCUT2D eigenvalue weighted by Crippen LogP contribution is 2.38. The topological polar surface area (TPSA) is 46.4 Å². The second-order valence-corrected chi connectivity index (χ2v) is 8.34. The lowest BCUT2D eigenvalue weighted by molar-refractivity contribution is 0.0977. The van der Waals surface area contributed by atoms with Crippen LogP contribution in [0.1, 0.15) is 20.8 Å². The van der Waals surface area contributed by atoms with Crippen LogP contribution in [0.2, 0.25) is 0 Å². The minimum absolute atomic E-state index is 0.0127. The number of thiophene rings is 1. The molecule has 0 unspecified atom stereocenters. The lowest BCUT2D eigenvalue weighted by Gasteiger charge is -2.13. The molecule has 2 aromatic heterocycles. The Bertz CT molecular complexity index is 734. The number of rotatable bonds is 2. The molecule has 4 nitrogen and oxygen atoms in total. The third kappa shape index (κ3) is 2.61. The Morgan fingerprint density at radius 1 is 1.27 bits per heavy atom. The number of hydrogen-bond acceptors (Lipinski definition) is 5. The highest BCUT2D eigenvalue weighted by atomic mass is 32.2. The summed E-state index contributed by atoms with van der Waals surface area (Å²) in [4.78, 5) is 18.5. The molecule has 0 aromatic carbocycles. The van der Waals surface area contributed by atoms with Gasteiger partial charge in [0.1, 0.15) is 5.00 Å². The fourth-order valence-electron chi connectivity index (χ4n) is 2.67. The van der Waals surface area contributed by atoms with Gasteiger partial charge >= 0.3 is 0 Å². The first-order valence-electron chi connectivity index (χ1n) is 7.17. The molecular weight excluding hydrogens is 334 g/mol.